The first-order chi connectivity index (χ1) is 15.5. The van der Waals surface area contributed by atoms with Crippen LogP contribution in [0.25, 0.3) is 12.2 Å². The van der Waals surface area contributed by atoms with Gasteiger partial charge in [0.05, 0.1) is 21.3 Å². The molecule has 6 heteroatoms. The zero-order valence-electron chi connectivity index (χ0n) is 18.3. The second kappa shape index (κ2) is 10.7. The first-order valence-corrected chi connectivity index (χ1v) is 9.95. The van der Waals surface area contributed by atoms with E-state index in [0.717, 1.165) is 16.8 Å². The van der Waals surface area contributed by atoms with Crippen LogP contribution in [0.15, 0.2) is 72.9 Å². The van der Waals surface area contributed by atoms with E-state index in [1.165, 1.54) is 6.08 Å². The number of carbonyl (C=O) groups is 1. The lowest BCUT2D eigenvalue weighted by molar-refractivity contribution is 0.104. The maximum atomic E-state index is 12.3. The van der Waals surface area contributed by atoms with Crippen LogP contribution in [-0.2, 0) is 0 Å². The average Bonchev–Trinajstić information content (AvgIpc) is 2.82. The van der Waals surface area contributed by atoms with Crippen LogP contribution < -0.4 is 25.3 Å². The van der Waals surface area contributed by atoms with Crippen molar-refractivity contribution >= 4 is 29.3 Å². The summed E-state index contributed by atoms with van der Waals surface area (Å²) in [5.41, 5.74) is 9.57. The molecule has 0 heterocycles. The largest absolute Gasteiger partial charge is 0.493 e. The molecule has 0 spiro atoms. The smallest absolute Gasteiger partial charge is 0.203 e. The molecule has 0 saturated heterocycles. The summed E-state index contributed by atoms with van der Waals surface area (Å²) in [6, 6.07) is 18.4. The molecular formula is C26H26N2O4. The van der Waals surface area contributed by atoms with E-state index in [9.17, 15) is 4.79 Å². The van der Waals surface area contributed by atoms with Crippen molar-refractivity contribution in [2.75, 3.05) is 32.4 Å². The molecule has 32 heavy (non-hydrogen) atoms. The van der Waals surface area contributed by atoms with Crippen molar-refractivity contribution in [2.45, 2.75) is 0 Å². The Labute approximate surface area is 187 Å². The highest BCUT2D eigenvalue weighted by atomic mass is 16.5. The lowest BCUT2D eigenvalue weighted by Gasteiger charge is -2.13. The van der Waals surface area contributed by atoms with Crippen molar-refractivity contribution in [1.29, 1.82) is 0 Å². The fourth-order valence-corrected chi connectivity index (χ4v) is 3.11. The van der Waals surface area contributed by atoms with E-state index < -0.39 is 0 Å². The number of ketones is 1. The van der Waals surface area contributed by atoms with E-state index in [1.807, 2.05) is 48.6 Å². The van der Waals surface area contributed by atoms with E-state index in [-0.39, 0.29) is 5.78 Å². The summed E-state index contributed by atoms with van der Waals surface area (Å²) in [6.45, 7) is 0. The molecule has 164 valence electrons. The monoisotopic (exact) mass is 430 g/mol. The Balaban J connectivity index is 1.77. The molecule has 0 unspecified atom stereocenters. The Bertz CT molecular complexity index is 1110. The number of ether oxygens (including phenoxy) is 3. The lowest BCUT2D eigenvalue weighted by atomic mass is 10.1. The molecule has 0 amide bonds. The van der Waals surface area contributed by atoms with E-state index in [2.05, 4.69) is 5.32 Å². The van der Waals surface area contributed by atoms with Crippen molar-refractivity contribution in [3.05, 3.63) is 89.6 Å². The van der Waals surface area contributed by atoms with Crippen molar-refractivity contribution in [1.82, 2.24) is 0 Å². The number of hydrogen-bond donors (Lipinski definition) is 2. The molecule has 6 nitrogen and oxygen atoms in total. The zero-order valence-corrected chi connectivity index (χ0v) is 18.3. The van der Waals surface area contributed by atoms with E-state index >= 15 is 0 Å². The third-order valence-corrected chi connectivity index (χ3v) is 4.77. The summed E-state index contributed by atoms with van der Waals surface area (Å²) in [4.78, 5) is 12.3. The summed E-state index contributed by atoms with van der Waals surface area (Å²) >= 11 is 0. The average molecular weight is 431 g/mol. The second-order valence-corrected chi connectivity index (χ2v) is 6.84. The second-order valence-electron chi connectivity index (χ2n) is 6.84. The summed E-state index contributed by atoms with van der Waals surface area (Å²) in [6.07, 6.45) is 7.04. The predicted molar refractivity (Wildman–Crippen MR) is 129 cm³/mol. The van der Waals surface area contributed by atoms with E-state index in [0.29, 0.717) is 28.5 Å². The van der Waals surface area contributed by atoms with Gasteiger partial charge in [0.25, 0.3) is 0 Å². The van der Waals surface area contributed by atoms with Crippen LogP contribution in [-0.4, -0.2) is 27.1 Å². The fourth-order valence-electron chi connectivity index (χ4n) is 3.11. The molecular weight excluding hydrogens is 404 g/mol. The number of anilines is 2. The lowest BCUT2D eigenvalue weighted by Crippen LogP contribution is -1.97. The van der Waals surface area contributed by atoms with Gasteiger partial charge in [0.15, 0.2) is 17.3 Å². The Kier molecular flexibility index (Phi) is 7.54. The third-order valence-electron chi connectivity index (χ3n) is 4.77. The Morgan fingerprint density at radius 1 is 0.875 bits per heavy atom. The minimum atomic E-state index is -0.108. The van der Waals surface area contributed by atoms with Gasteiger partial charge in [0.2, 0.25) is 5.75 Å². The minimum absolute atomic E-state index is 0.108. The maximum absolute atomic E-state index is 12.3. The number of benzene rings is 3. The number of hydrogen-bond acceptors (Lipinski definition) is 6. The molecule has 0 saturated carbocycles. The molecule has 0 aromatic heterocycles. The number of nitrogens with two attached hydrogens (primary N) is 1. The molecule has 0 aliphatic carbocycles. The SMILES string of the molecule is COc1cc(C=Cc2ccccc2NC=CC(=O)c2ccc(N)cc2)cc(OC)c1OC. The number of rotatable bonds is 9. The van der Waals surface area contributed by atoms with Crippen molar-refractivity contribution < 1.29 is 19.0 Å². The predicted octanol–water partition coefficient (Wildman–Crippen LogP) is 5.27. The van der Waals surface area contributed by atoms with Crippen molar-refractivity contribution in [3.63, 3.8) is 0 Å². The summed E-state index contributed by atoms with van der Waals surface area (Å²) < 4.78 is 16.2. The van der Waals surface area contributed by atoms with Crippen LogP contribution in [0.3, 0.4) is 0 Å². The van der Waals surface area contributed by atoms with Crippen LogP contribution in [0.1, 0.15) is 21.5 Å². The Hall–Kier alpha value is -4.19. The molecule has 0 fully saturated rings. The van der Waals surface area contributed by atoms with Gasteiger partial charge in [0.1, 0.15) is 0 Å². The van der Waals surface area contributed by atoms with Crippen LogP contribution in [0, 0.1) is 0 Å². The van der Waals surface area contributed by atoms with Crippen molar-refractivity contribution in [2.24, 2.45) is 0 Å². The number of carbonyl (C=O) groups excluding carboxylic acids is 1. The maximum Gasteiger partial charge on any atom is 0.203 e. The first-order valence-electron chi connectivity index (χ1n) is 9.95. The quantitative estimate of drug-likeness (QED) is 0.208. The standard InChI is InChI=1S/C26H26N2O4/c1-30-24-16-18(17-25(31-2)26(24)32-3)8-9-19-6-4-5-7-22(19)28-15-14-23(29)20-10-12-21(27)13-11-20/h4-17,28H,27H2,1-3H3. The molecule has 3 N–H and O–H groups in total. The minimum Gasteiger partial charge on any atom is -0.493 e. The normalized spacial score (nSPS) is 11.0. The molecule has 0 atom stereocenters. The van der Waals surface area contributed by atoms with Crippen LogP contribution in [0.2, 0.25) is 0 Å². The number of nitrogens with one attached hydrogen (secondary N) is 1. The number of para-hydroxylation sites is 1. The summed E-state index contributed by atoms with van der Waals surface area (Å²) in [5, 5.41) is 3.18. The van der Waals surface area contributed by atoms with E-state index in [4.69, 9.17) is 19.9 Å². The van der Waals surface area contributed by atoms with Gasteiger partial charge in [0, 0.05) is 29.2 Å². The Morgan fingerprint density at radius 3 is 2.16 bits per heavy atom. The highest BCUT2D eigenvalue weighted by Gasteiger charge is 2.12. The first kappa shape index (κ1) is 22.5. The molecule has 3 aromatic rings. The van der Waals surface area contributed by atoms with Gasteiger partial charge in [-0.05, 0) is 53.6 Å². The van der Waals surface area contributed by atoms with Gasteiger partial charge < -0.3 is 25.3 Å². The summed E-state index contributed by atoms with van der Waals surface area (Å²) in [5.74, 6) is 1.61. The number of nitrogen functional groups attached to an aromatic ring is 1. The Morgan fingerprint density at radius 2 is 1.53 bits per heavy atom. The highest BCUT2D eigenvalue weighted by Crippen LogP contribution is 2.38. The van der Waals surface area contributed by atoms with E-state index in [1.54, 1.807) is 51.8 Å². The van der Waals surface area contributed by atoms with Gasteiger partial charge >= 0.3 is 0 Å². The zero-order chi connectivity index (χ0) is 22.9. The molecule has 3 rings (SSSR count). The molecule has 0 radical (unpaired) electrons. The van der Waals surface area contributed by atoms with Gasteiger partial charge in [-0.25, -0.2) is 0 Å². The highest BCUT2D eigenvalue weighted by molar-refractivity contribution is 6.04. The van der Waals surface area contributed by atoms with Crippen LogP contribution in [0.5, 0.6) is 17.2 Å². The fraction of sp³-hybridized carbons (Fsp3) is 0.115. The van der Waals surface area contributed by atoms with Gasteiger partial charge in [-0.3, -0.25) is 4.79 Å². The van der Waals surface area contributed by atoms with Gasteiger partial charge in [-0.2, -0.15) is 0 Å². The van der Waals surface area contributed by atoms with Crippen LogP contribution >= 0.6 is 0 Å². The summed E-state index contributed by atoms with van der Waals surface area (Å²) in [7, 11) is 4.74. The third kappa shape index (κ3) is 5.49. The van der Waals surface area contributed by atoms with Gasteiger partial charge in [-0.1, -0.05) is 30.4 Å². The van der Waals surface area contributed by atoms with Gasteiger partial charge in [-0.15, -0.1) is 0 Å². The van der Waals surface area contributed by atoms with Crippen molar-refractivity contribution in [3.8, 4) is 17.2 Å². The molecule has 0 bridgehead atoms. The molecule has 0 aliphatic heterocycles. The van der Waals surface area contributed by atoms with Crippen LogP contribution in [0.4, 0.5) is 11.4 Å². The topological polar surface area (TPSA) is 82.8 Å². The number of methoxy groups -OCH3 is 3. The molecule has 3 aromatic carbocycles. The number of allylic oxidation sites excluding steroid dienone is 1. The molecule has 0 aliphatic rings.